The summed E-state index contributed by atoms with van der Waals surface area (Å²) in [6.07, 6.45) is 8.43. The Hall–Kier alpha value is -2.30. The van der Waals surface area contributed by atoms with Crippen molar-refractivity contribution in [2.45, 2.75) is 6.92 Å². The Bertz CT molecular complexity index is 673. The molecule has 0 aliphatic carbocycles. The molecule has 17 heavy (non-hydrogen) atoms. The van der Waals surface area contributed by atoms with Gasteiger partial charge in [-0.15, -0.1) is 0 Å². The molecule has 3 heterocycles. The fraction of sp³-hybridized carbons (Fsp3) is 0.0833. The molecule has 0 fully saturated rings. The van der Waals surface area contributed by atoms with Crippen LogP contribution in [0, 0.1) is 12.7 Å². The number of halogens is 1. The van der Waals surface area contributed by atoms with E-state index in [0.717, 1.165) is 11.1 Å². The van der Waals surface area contributed by atoms with E-state index in [-0.39, 0.29) is 5.82 Å². The van der Waals surface area contributed by atoms with Crippen molar-refractivity contribution >= 4 is 5.65 Å². The van der Waals surface area contributed by atoms with Gasteiger partial charge in [-0.05, 0) is 13.0 Å². The standard InChI is InChI=1S/C12H9FN4/c1-8-15-5-10(6-16-8)9-4-11(13)12-14-2-3-17(12)7-9/h2-7H,1H3. The fourth-order valence-corrected chi connectivity index (χ4v) is 1.69. The zero-order valence-corrected chi connectivity index (χ0v) is 9.13. The van der Waals surface area contributed by atoms with Crippen molar-refractivity contribution in [2.24, 2.45) is 0 Å². The lowest BCUT2D eigenvalue weighted by Gasteiger charge is -2.03. The molecule has 0 saturated heterocycles. The van der Waals surface area contributed by atoms with E-state index in [1.165, 1.54) is 6.07 Å². The second-order valence-electron chi connectivity index (χ2n) is 3.75. The van der Waals surface area contributed by atoms with Gasteiger partial charge in [-0.2, -0.15) is 0 Å². The molecule has 0 bridgehead atoms. The molecule has 0 unspecified atom stereocenters. The number of pyridine rings is 1. The molecular formula is C12H9FN4. The number of fused-ring (bicyclic) bond motifs is 1. The predicted octanol–water partition coefficient (Wildman–Crippen LogP) is 2.24. The molecule has 0 atom stereocenters. The van der Waals surface area contributed by atoms with E-state index >= 15 is 0 Å². The van der Waals surface area contributed by atoms with Crippen molar-refractivity contribution in [3.05, 3.63) is 48.7 Å². The Morgan fingerprint density at radius 2 is 1.88 bits per heavy atom. The minimum absolute atomic E-state index is 0.321. The maximum Gasteiger partial charge on any atom is 0.173 e. The molecule has 4 nitrogen and oxygen atoms in total. The molecule has 0 amide bonds. The van der Waals surface area contributed by atoms with Crippen LogP contribution >= 0.6 is 0 Å². The van der Waals surface area contributed by atoms with Crippen molar-refractivity contribution in [2.75, 3.05) is 0 Å². The third-order valence-electron chi connectivity index (χ3n) is 2.56. The first-order valence-corrected chi connectivity index (χ1v) is 5.15. The average molecular weight is 228 g/mol. The van der Waals surface area contributed by atoms with Gasteiger partial charge in [0, 0.05) is 42.1 Å². The van der Waals surface area contributed by atoms with Gasteiger partial charge in [-0.1, -0.05) is 0 Å². The minimum atomic E-state index is -0.354. The van der Waals surface area contributed by atoms with E-state index < -0.39 is 0 Å². The average Bonchev–Trinajstić information content (AvgIpc) is 2.78. The summed E-state index contributed by atoms with van der Waals surface area (Å²) in [5.74, 6) is 0.339. The van der Waals surface area contributed by atoms with Gasteiger partial charge in [0.25, 0.3) is 0 Å². The molecule has 0 aliphatic heterocycles. The summed E-state index contributed by atoms with van der Waals surface area (Å²) in [7, 11) is 0. The van der Waals surface area contributed by atoms with E-state index in [2.05, 4.69) is 15.0 Å². The lowest BCUT2D eigenvalue weighted by Crippen LogP contribution is -1.93. The van der Waals surface area contributed by atoms with E-state index in [4.69, 9.17) is 0 Å². The summed E-state index contributed by atoms with van der Waals surface area (Å²) in [5, 5.41) is 0. The van der Waals surface area contributed by atoms with Gasteiger partial charge in [-0.3, -0.25) is 0 Å². The normalized spacial score (nSPS) is 10.9. The predicted molar refractivity (Wildman–Crippen MR) is 60.9 cm³/mol. The second kappa shape index (κ2) is 3.62. The molecule has 84 valence electrons. The van der Waals surface area contributed by atoms with Gasteiger partial charge in [0.05, 0.1) is 0 Å². The van der Waals surface area contributed by atoms with Crippen LogP contribution in [-0.4, -0.2) is 19.4 Å². The van der Waals surface area contributed by atoms with Crippen molar-refractivity contribution in [1.29, 1.82) is 0 Å². The third kappa shape index (κ3) is 1.65. The van der Waals surface area contributed by atoms with Crippen LogP contribution in [0.5, 0.6) is 0 Å². The molecule has 0 N–H and O–H groups in total. The highest BCUT2D eigenvalue weighted by atomic mass is 19.1. The van der Waals surface area contributed by atoms with E-state index in [1.54, 1.807) is 35.4 Å². The van der Waals surface area contributed by atoms with Crippen LogP contribution in [0.25, 0.3) is 16.8 Å². The molecular weight excluding hydrogens is 219 g/mol. The number of aryl methyl sites for hydroxylation is 1. The molecule has 0 saturated carbocycles. The summed E-state index contributed by atoms with van der Waals surface area (Å²) in [5.41, 5.74) is 1.83. The zero-order valence-electron chi connectivity index (χ0n) is 9.13. The summed E-state index contributed by atoms with van der Waals surface area (Å²) < 4.78 is 15.4. The number of hydrogen-bond acceptors (Lipinski definition) is 3. The van der Waals surface area contributed by atoms with Crippen LogP contribution in [0.3, 0.4) is 0 Å². The first kappa shape index (κ1) is 9.89. The molecule has 5 heteroatoms. The van der Waals surface area contributed by atoms with Crippen LogP contribution in [-0.2, 0) is 0 Å². The minimum Gasteiger partial charge on any atom is -0.304 e. The Morgan fingerprint density at radius 3 is 2.65 bits per heavy atom. The SMILES string of the molecule is Cc1ncc(-c2cc(F)c3nccn3c2)cn1. The third-order valence-corrected chi connectivity index (χ3v) is 2.56. The first-order chi connectivity index (χ1) is 8.24. The molecule has 3 rings (SSSR count). The lowest BCUT2D eigenvalue weighted by molar-refractivity contribution is 0.630. The van der Waals surface area contributed by atoms with Gasteiger partial charge in [0.2, 0.25) is 0 Å². The molecule has 3 aromatic rings. The van der Waals surface area contributed by atoms with Crippen LogP contribution in [0.1, 0.15) is 5.82 Å². The van der Waals surface area contributed by atoms with Gasteiger partial charge in [0.1, 0.15) is 5.82 Å². The van der Waals surface area contributed by atoms with Crippen molar-refractivity contribution in [3.63, 3.8) is 0 Å². The Balaban J connectivity index is 2.20. The van der Waals surface area contributed by atoms with Crippen LogP contribution in [0.2, 0.25) is 0 Å². The monoisotopic (exact) mass is 228 g/mol. The smallest absolute Gasteiger partial charge is 0.173 e. The number of aromatic nitrogens is 4. The maximum atomic E-state index is 13.7. The highest BCUT2D eigenvalue weighted by molar-refractivity contribution is 5.63. The quantitative estimate of drug-likeness (QED) is 0.641. The van der Waals surface area contributed by atoms with Crippen molar-refractivity contribution in [3.8, 4) is 11.1 Å². The second-order valence-corrected chi connectivity index (χ2v) is 3.75. The lowest BCUT2D eigenvalue weighted by atomic mass is 10.1. The van der Waals surface area contributed by atoms with Gasteiger partial charge >= 0.3 is 0 Å². The molecule has 0 radical (unpaired) electrons. The van der Waals surface area contributed by atoms with Gasteiger partial charge in [0.15, 0.2) is 11.5 Å². The highest BCUT2D eigenvalue weighted by Crippen LogP contribution is 2.20. The number of rotatable bonds is 1. The first-order valence-electron chi connectivity index (χ1n) is 5.15. The Labute approximate surface area is 96.8 Å². The van der Waals surface area contributed by atoms with Crippen LogP contribution < -0.4 is 0 Å². The number of nitrogens with zero attached hydrogens (tertiary/aromatic N) is 4. The maximum absolute atomic E-state index is 13.7. The summed E-state index contributed by atoms with van der Waals surface area (Å²) in [4.78, 5) is 12.1. The van der Waals surface area contributed by atoms with Gasteiger partial charge < -0.3 is 4.40 Å². The van der Waals surface area contributed by atoms with Crippen LogP contribution in [0.4, 0.5) is 4.39 Å². The highest BCUT2D eigenvalue weighted by Gasteiger charge is 2.06. The number of hydrogen-bond donors (Lipinski definition) is 0. The topological polar surface area (TPSA) is 43.1 Å². The Kier molecular flexibility index (Phi) is 2.11. The zero-order chi connectivity index (χ0) is 11.8. The molecule has 0 aliphatic rings. The summed E-state index contributed by atoms with van der Waals surface area (Å²) in [6, 6.07) is 1.44. The summed E-state index contributed by atoms with van der Waals surface area (Å²) >= 11 is 0. The van der Waals surface area contributed by atoms with E-state index in [0.29, 0.717) is 11.5 Å². The molecule has 3 aromatic heterocycles. The van der Waals surface area contributed by atoms with E-state index in [9.17, 15) is 4.39 Å². The molecule has 0 spiro atoms. The largest absolute Gasteiger partial charge is 0.304 e. The Morgan fingerprint density at radius 1 is 1.12 bits per heavy atom. The fourth-order valence-electron chi connectivity index (χ4n) is 1.69. The summed E-state index contributed by atoms with van der Waals surface area (Å²) in [6.45, 7) is 1.81. The van der Waals surface area contributed by atoms with Crippen molar-refractivity contribution < 1.29 is 4.39 Å². The van der Waals surface area contributed by atoms with Crippen molar-refractivity contribution in [1.82, 2.24) is 19.4 Å². The van der Waals surface area contributed by atoms with Gasteiger partial charge in [-0.25, -0.2) is 19.3 Å². The number of imidazole rings is 1. The van der Waals surface area contributed by atoms with E-state index in [1.807, 2.05) is 6.92 Å². The molecule has 0 aromatic carbocycles. The van der Waals surface area contributed by atoms with Crippen LogP contribution in [0.15, 0.2) is 37.1 Å².